The molecular weight excluding hydrogens is 382 g/mol. The van der Waals surface area contributed by atoms with Crippen LogP contribution in [0.3, 0.4) is 0 Å². The number of carbonyl (C=O) groups excluding carboxylic acids is 2. The van der Waals surface area contributed by atoms with Gasteiger partial charge in [-0.3, -0.25) is 20.2 Å². The largest absolute Gasteiger partial charge is 0.452 e. The molecule has 0 unspecified atom stereocenters. The van der Waals surface area contributed by atoms with Gasteiger partial charge in [0.1, 0.15) is 0 Å². The SMILES string of the molecule is Cc1ccc2nc(NC(=O)COC(=O)C=Cc3ccc([N+](=O)[O-])cc3)sc2c1. The molecule has 0 aliphatic heterocycles. The van der Waals surface area contributed by atoms with Crippen molar-refractivity contribution in [2.45, 2.75) is 6.92 Å². The predicted molar refractivity (Wildman–Crippen MR) is 106 cm³/mol. The number of ether oxygens (including phenoxy) is 1. The maximum atomic E-state index is 11.9. The number of hydrogen-bond acceptors (Lipinski definition) is 7. The molecule has 0 aliphatic carbocycles. The van der Waals surface area contributed by atoms with Crippen molar-refractivity contribution in [3.8, 4) is 0 Å². The number of fused-ring (bicyclic) bond motifs is 1. The molecular formula is C19H15N3O5S. The van der Waals surface area contributed by atoms with Gasteiger partial charge in [-0.15, -0.1) is 0 Å². The van der Waals surface area contributed by atoms with E-state index < -0.39 is 23.4 Å². The highest BCUT2D eigenvalue weighted by Gasteiger charge is 2.10. The van der Waals surface area contributed by atoms with Crippen LogP contribution in [0.4, 0.5) is 10.8 Å². The summed E-state index contributed by atoms with van der Waals surface area (Å²) in [6, 6.07) is 11.5. The minimum Gasteiger partial charge on any atom is -0.452 e. The zero-order chi connectivity index (χ0) is 20.1. The summed E-state index contributed by atoms with van der Waals surface area (Å²) < 4.78 is 5.84. The minimum atomic E-state index is -0.701. The van der Waals surface area contributed by atoms with Crippen LogP contribution < -0.4 is 5.32 Å². The normalized spacial score (nSPS) is 10.9. The molecule has 0 fully saturated rings. The molecule has 0 aliphatic rings. The van der Waals surface area contributed by atoms with E-state index in [4.69, 9.17) is 4.74 Å². The number of thiazole rings is 1. The number of non-ortho nitro benzene ring substituents is 1. The molecule has 1 N–H and O–H groups in total. The van der Waals surface area contributed by atoms with Crippen LogP contribution in [0, 0.1) is 17.0 Å². The number of anilines is 1. The van der Waals surface area contributed by atoms with E-state index in [0.29, 0.717) is 10.7 Å². The summed E-state index contributed by atoms with van der Waals surface area (Å²) in [6.45, 7) is 1.53. The molecule has 1 heterocycles. The summed E-state index contributed by atoms with van der Waals surface area (Å²) in [4.78, 5) is 38.0. The number of aryl methyl sites for hydroxylation is 1. The minimum absolute atomic E-state index is 0.0404. The molecule has 1 amide bonds. The maximum absolute atomic E-state index is 11.9. The molecule has 0 saturated carbocycles. The van der Waals surface area contributed by atoms with Crippen LogP contribution in [0.5, 0.6) is 0 Å². The van der Waals surface area contributed by atoms with Crippen LogP contribution in [0.2, 0.25) is 0 Å². The fourth-order valence-electron chi connectivity index (χ4n) is 2.30. The number of nitrogens with one attached hydrogen (secondary N) is 1. The highest BCUT2D eigenvalue weighted by atomic mass is 32.1. The van der Waals surface area contributed by atoms with Crippen molar-refractivity contribution in [3.05, 3.63) is 69.8 Å². The average Bonchev–Trinajstić information content (AvgIpc) is 3.06. The van der Waals surface area contributed by atoms with Gasteiger partial charge in [-0.2, -0.15) is 0 Å². The van der Waals surface area contributed by atoms with E-state index in [1.165, 1.54) is 41.7 Å². The number of rotatable bonds is 6. The van der Waals surface area contributed by atoms with Crippen LogP contribution in [0.1, 0.15) is 11.1 Å². The van der Waals surface area contributed by atoms with Crippen molar-refractivity contribution >= 4 is 50.3 Å². The zero-order valence-corrected chi connectivity index (χ0v) is 15.6. The molecule has 0 bridgehead atoms. The Labute approximate surface area is 163 Å². The number of nitro benzene ring substituents is 1. The van der Waals surface area contributed by atoms with Crippen LogP contribution in [-0.4, -0.2) is 28.4 Å². The third kappa shape index (κ3) is 4.98. The smallest absolute Gasteiger partial charge is 0.331 e. The molecule has 0 atom stereocenters. The first kappa shape index (κ1) is 19.2. The van der Waals surface area contributed by atoms with E-state index in [9.17, 15) is 19.7 Å². The lowest BCUT2D eigenvalue weighted by molar-refractivity contribution is -0.384. The predicted octanol–water partition coefficient (Wildman–Crippen LogP) is 3.71. The lowest BCUT2D eigenvalue weighted by atomic mass is 10.2. The Morgan fingerprint density at radius 3 is 2.71 bits per heavy atom. The fourth-order valence-corrected chi connectivity index (χ4v) is 3.28. The molecule has 28 heavy (non-hydrogen) atoms. The van der Waals surface area contributed by atoms with E-state index in [2.05, 4.69) is 10.3 Å². The van der Waals surface area contributed by atoms with E-state index in [0.717, 1.165) is 21.9 Å². The number of amides is 1. The first-order valence-corrected chi connectivity index (χ1v) is 8.99. The Bertz CT molecular complexity index is 1070. The third-order valence-electron chi connectivity index (χ3n) is 3.65. The highest BCUT2D eigenvalue weighted by molar-refractivity contribution is 7.22. The molecule has 1 aromatic heterocycles. The molecule has 9 heteroatoms. The summed E-state index contributed by atoms with van der Waals surface area (Å²) in [5.41, 5.74) is 2.44. The zero-order valence-electron chi connectivity index (χ0n) is 14.7. The number of benzene rings is 2. The number of hydrogen-bond donors (Lipinski definition) is 1. The van der Waals surface area contributed by atoms with Crippen molar-refractivity contribution in [3.63, 3.8) is 0 Å². The van der Waals surface area contributed by atoms with Gasteiger partial charge < -0.3 is 4.74 Å². The van der Waals surface area contributed by atoms with Gasteiger partial charge in [0.05, 0.1) is 15.1 Å². The van der Waals surface area contributed by atoms with E-state index in [-0.39, 0.29) is 5.69 Å². The lowest BCUT2D eigenvalue weighted by Crippen LogP contribution is -2.19. The summed E-state index contributed by atoms with van der Waals surface area (Å²) in [6.07, 6.45) is 2.59. The third-order valence-corrected chi connectivity index (χ3v) is 4.59. The fraction of sp³-hybridized carbons (Fsp3) is 0.105. The van der Waals surface area contributed by atoms with Crippen molar-refractivity contribution in [1.82, 2.24) is 4.98 Å². The number of aromatic nitrogens is 1. The van der Waals surface area contributed by atoms with Crippen molar-refractivity contribution in [2.24, 2.45) is 0 Å². The molecule has 3 aromatic rings. The van der Waals surface area contributed by atoms with Crippen molar-refractivity contribution in [2.75, 3.05) is 11.9 Å². The van der Waals surface area contributed by atoms with Crippen LogP contribution in [-0.2, 0) is 14.3 Å². The number of esters is 1. The van der Waals surface area contributed by atoms with Crippen LogP contribution >= 0.6 is 11.3 Å². The Hall–Kier alpha value is -3.59. The van der Waals surface area contributed by atoms with Crippen molar-refractivity contribution < 1.29 is 19.2 Å². The number of nitrogens with zero attached hydrogens (tertiary/aromatic N) is 2. The van der Waals surface area contributed by atoms with E-state index in [1.807, 2.05) is 25.1 Å². The summed E-state index contributed by atoms with van der Waals surface area (Å²) in [5, 5.41) is 13.6. The Balaban J connectivity index is 1.50. The molecule has 0 radical (unpaired) electrons. The van der Waals surface area contributed by atoms with Gasteiger partial charge in [-0.25, -0.2) is 9.78 Å². The molecule has 142 valence electrons. The summed E-state index contributed by atoms with van der Waals surface area (Å²) in [7, 11) is 0. The first-order valence-electron chi connectivity index (χ1n) is 8.17. The summed E-state index contributed by atoms with van der Waals surface area (Å²) >= 11 is 1.34. The maximum Gasteiger partial charge on any atom is 0.331 e. The van der Waals surface area contributed by atoms with Gasteiger partial charge >= 0.3 is 5.97 Å². The average molecular weight is 397 g/mol. The van der Waals surface area contributed by atoms with Gasteiger partial charge in [0.25, 0.3) is 11.6 Å². The molecule has 8 nitrogen and oxygen atoms in total. The molecule has 0 spiro atoms. The number of nitro groups is 1. The van der Waals surface area contributed by atoms with Gasteiger partial charge in [0.15, 0.2) is 11.7 Å². The van der Waals surface area contributed by atoms with Crippen molar-refractivity contribution in [1.29, 1.82) is 0 Å². The second-order valence-electron chi connectivity index (χ2n) is 5.83. The second kappa shape index (κ2) is 8.40. The van der Waals surface area contributed by atoms with Gasteiger partial charge in [0, 0.05) is 18.2 Å². The van der Waals surface area contributed by atoms with Crippen LogP contribution in [0.15, 0.2) is 48.5 Å². The van der Waals surface area contributed by atoms with Gasteiger partial charge in [-0.05, 0) is 48.4 Å². The Morgan fingerprint density at radius 1 is 1.25 bits per heavy atom. The standard InChI is InChI=1S/C19H15N3O5S/c1-12-2-8-15-16(10-12)28-19(20-15)21-17(23)11-27-18(24)9-5-13-3-6-14(7-4-13)22(25)26/h2-10H,11H2,1H3,(H,20,21,23). The highest BCUT2D eigenvalue weighted by Crippen LogP contribution is 2.26. The first-order chi connectivity index (χ1) is 13.4. The second-order valence-corrected chi connectivity index (χ2v) is 6.86. The Kier molecular flexibility index (Phi) is 5.75. The van der Waals surface area contributed by atoms with Gasteiger partial charge in [-0.1, -0.05) is 17.4 Å². The summed E-state index contributed by atoms with van der Waals surface area (Å²) in [5.74, 6) is -1.19. The van der Waals surface area contributed by atoms with E-state index in [1.54, 1.807) is 0 Å². The number of carbonyl (C=O) groups is 2. The van der Waals surface area contributed by atoms with Gasteiger partial charge in [0.2, 0.25) is 0 Å². The topological polar surface area (TPSA) is 111 Å². The molecule has 3 rings (SSSR count). The quantitative estimate of drug-likeness (QED) is 0.294. The lowest BCUT2D eigenvalue weighted by Gasteiger charge is -2.02. The Morgan fingerprint density at radius 2 is 2.00 bits per heavy atom. The molecule has 0 saturated heterocycles. The monoisotopic (exact) mass is 397 g/mol. The molecule has 2 aromatic carbocycles. The van der Waals surface area contributed by atoms with E-state index >= 15 is 0 Å². The van der Waals surface area contributed by atoms with Crippen LogP contribution in [0.25, 0.3) is 16.3 Å².